The van der Waals surface area contributed by atoms with Crippen molar-refractivity contribution in [1.82, 2.24) is 5.32 Å². The average molecular weight is 258 g/mol. The Balaban J connectivity index is 2.85. The molecule has 0 aliphatic carbocycles. The summed E-state index contributed by atoms with van der Waals surface area (Å²) in [6.45, 7) is 6.00. The third-order valence-electron chi connectivity index (χ3n) is 2.74. The third-order valence-corrected chi connectivity index (χ3v) is 3.32. The minimum Gasteiger partial charge on any atom is -0.496 e. The molecule has 0 aliphatic heterocycles. The second-order valence-corrected chi connectivity index (χ2v) is 4.35. The molecule has 0 radical (unpaired) electrons. The Morgan fingerprint density at radius 2 is 2.06 bits per heavy atom. The van der Waals surface area contributed by atoms with Gasteiger partial charge in [0.25, 0.3) is 0 Å². The number of halogens is 1. The molecule has 0 bridgehead atoms. The molecule has 1 aromatic rings. The second kappa shape index (κ2) is 6.84. The SMILES string of the molecule is CNCCOCc1c(OC)cc(C)c(Cl)c1C. The summed E-state index contributed by atoms with van der Waals surface area (Å²) in [5, 5.41) is 3.83. The van der Waals surface area contributed by atoms with Gasteiger partial charge in [-0.1, -0.05) is 11.6 Å². The molecule has 0 saturated heterocycles. The Bertz CT molecular complexity index is 380. The molecule has 1 N–H and O–H groups in total. The van der Waals surface area contributed by atoms with Crippen molar-refractivity contribution in [3.8, 4) is 5.75 Å². The molecule has 0 saturated carbocycles. The molecule has 96 valence electrons. The quantitative estimate of drug-likeness (QED) is 0.795. The fraction of sp³-hybridized carbons (Fsp3) is 0.538. The van der Waals surface area contributed by atoms with Crippen molar-refractivity contribution in [2.75, 3.05) is 27.3 Å². The van der Waals surface area contributed by atoms with Gasteiger partial charge in [0.05, 0.1) is 20.3 Å². The van der Waals surface area contributed by atoms with Crippen LogP contribution in [0.25, 0.3) is 0 Å². The molecule has 0 unspecified atom stereocenters. The largest absolute Gasteiger partial charge is 0.496 e. The molecule has 0 heterocycles. The predicted molar refractivity (Wildman–Crippen MR) is 71.1 cm³/mol. The number of ether oxygens (including phenoxy) is 2. The topological polar surface area (TPSA) is 30.5 Å². The Morgan fingerprint density at radius 1 is 1.35 bits per heavy atom. The minimum atomic E-state index is 0.524. The second-order valence-electron chi connectivity index (χ2n) is 3.97. The molecule has 0 aromatic heterocycles. The normalized spacial score (nSPS) is 10.6. The standard InChI is InChI=1S/C13H20ClNO2/c1-9-7-12(16-4)11(10(2)13(9)14)8-17-6-5-15-3/h7,15H,5-6,8H2,1-4H3. The van der Waals surface area contributed by atoms with E-state index in [0.29, 0.717) is 13.2 Å². The number of nitrogens with one attached hydrogen (secondary N) is 1. The predicted octanol–water partition coefficient (Wildman–Crippen LogP) is 2.70. The lowest BCUT2D eigenvalue weighted by Gasteiger charge is -2.15. The van der Waals surface area contributed by atoms with E-state index in [2.05, 4.69) is 5.32 Å². The van der Waals surface area contributed by atoms with E-state index in [1.165, 1.54) is 0 Å². The van der Waals surface area contributed by atoms with Gasteiger partial charge in [-0.25, -0.2) is 0 Å². The number of hydrogen-bond acceptors (Lipinski definition) is 3. The van der Waals surface area contributed by atoms with Crippen LogP contribution in [0.5, 0.6) is 5.75 Å². The van der Waals surface area contributed by atoms with Gasteiger partial charge in [-0.3, -0.25) is 0 Å². The Hall–Kier alpha value is -0.770. The summed E-state index contributed by atoms with van der Waals surface area (Å²) in [7, 11) is 3.57. The fourth-order valence-electron chi connectivity index (χ4n) is 1.67. The third kappa shape index (κ3) is 3.60. The van der Waals surface area contributed by atoms with Crippen molar-refractivity contribution >= 4 is 11.6 Å². The molecule has 4 heteroatoms. The Labute approximate surface area is 108 Å². The fourth-order valence-corrected chi connectivity index (χ4v) is 1.84. The summed E-state index contributed by atoms with van der Waals surface area (Å²) in [5.74, 6) is 0.842. The highest BCUT2D eigenvalue weighted by molar-refractivity contribution is 6.32. The van der Waals surface area contributed by atoms with E-state index in [1.807, 2.05) is 27.0 Å². The minimum absolute atomic E-state index is 0.524. The first-order chi connectivity index (χ1) is 8.11. The zero-order chi connectivity index (χ0) is 12.8. The van der Waals surface area contributed by atoms with Gasteiger partial charge >= 0.3 is 0 Å². The number of hydrogen-bond donors (Lipinski definition) is 1. The van der Waals surface area contributed by atoms with Crippen LogP contribution in [0.1, 0.15) is 16.7 Å². The van der Waals surface area contributed by atoms with Crippen LogP contribution < -0.4 is 10.1 Å². The molecule has 3 nitrogen and oxygen atoms in total. The molecular weight excluding hydrogens is 238 g/mol. The first-order valence-corrected chi connectivity index (χ1v) is 6.04. The van der Waals surface area contributed by atoms with E-state index in [0.717, 1.165) is 34.0 Å². The molecule has 1 rings (SSSR count). The van der Waals surface area contributed by atoms with E-state index in [-0.39, 0.29) is 0 Å². The van der Waals surface area contributed by atoms with Gasteiger partial charge in [-0.2, -0.15) is 0 Å². The molecule has 0 amide bonds. The van der Waals surface area contributed by atoms with E-state index < -0.39 is 0 Å². The monoisotopic (exact) mass is 257 g/mol. The first kappa shape index (κ1) is 14.3. The maximum absolute atomic E-state index is 6.23. The van der Waals surface area contributed by atoms with Crippen LogP contribution in [0.3, 0.4) is 0 Å². The molecule has 0 spiro atoms. The number of likely N-dealkylation sites (N-methyl/N-ethyl adjacent to an activating group) is 1. The van der Waals surface area contributed by atoms with Crippen LogP contribution in [0.15, 0.2) is 6.07 Å². The highest BCUT2D eigenvalue weighted by Crippen LogP contribution is 2.31. The van der Waals surface area contributed by atoms with Crippen LogP contribution >= 0.6 is 11.6 Å². The van der Waals surface area contributed by atoms with Crippen molar-refractivity contribution in [2.45, 2.75) is 20.5 Å². The van der Waals surface area contributed by atoms with E-state index in [1.54, 1.807) is 7.11 Å². The molecule has 0 fully saturated rings. The smallest absolute Gasteiger partial charge is 0.125 e. The summed E-state index contributed by atoms with van der Waals surface area (Å²) >= 11 is 6.23. The maximum atomic E-state index is 6.23. The van der Waals surface area contributed by atoms with Gasteiger partial charge in [-0.05, 0) is 38.1 Å². The zero-order valence-electron chi connectivity index (χ0n) is 10.9. The summed E-state index contributed by atoms with van der Waals surface area (Å²) < 4.78 is 10.9. The van der Waals surface area contributed by atoms with Crippen molar-refractivity contribution < 1.29 is 9.47 Å². The molecule has 1 aromatic carbocycles. The average Bonchev–Trinajstić information content (AvgIpc) is 2.33. The lowest BCUT2D eigenvalue weighted by atomic mass is 10.0. The van der Waals surface area contributed by atoms with E-state index >= 15 is 0 Å². The van der Waals surface area contributed by atoms with Gasteiger partial charge < -0.3 is 14.8 Å². The summed E-state index contributed by atoms with van der Waals surface area (Å²) in [5.41, 5.74) is 3.09. The number of benzene rings is 1. The highest BCUT2D eigenvalue weighted by Gasteiger charge is 2.12. The number of methoxy groups -OCH3 is 1. The van der Waals surface area contributed by atoms with E-state index in [9.17, 15) is 0 Å². The van der Waals surface area contributed by atoms with Crippen molar-refractivity contribution in [3.63, 3.8) is 0 Å². The number of aryl methyl sites for hydroxylation is 1. The lowest BCUT2D eigenvalue weighted by Crippen LogP contribution is -2.14. The summed E-state index contributed by atoms with van der Waals surface area (Å²) in [4.78, 5) is 0. The van der Waals surface area contributed by atoms with Crippen molar-refractivity contribution in [1.29, 1.82) is 0 Å². The van der Waals surface area contributed by atoms with Crippen LogP contribution in [0.4, 0.5) is 0 Å². The maximum Gasteiger partial charge on any atom is 0.125 e. The molecule has 0 atom stereocenters. The molecular formula is C13H20ClNO2. The van der Waals surface area contributed by atoms with Crippen molar-refractivity contribution in [3.05, 3.63) is 27.8 Å². The Morgan fingerprint density at radius 3 is 2.65 bits per heavy atom. The lowest BCUT2D eigenvalue weighted by molar-refractivity contribution is 0.121. The molecule has 17 heavy (non-hydrogen) atoms. The van der Waals surface area contributed by atoms with Crippen LogP contribution in [0, 0.1) is 13.8 Å². The number of rotatable bonds is 6. The van der Waals surface area contributed by atoms with Crippen molar-refractivity contribution in [2.24, 2.45) is 0 Å². The Kier molecular flexibility index (Phi) is 5.75. The van der Waals surface area contributed by atoms with Gasteiger partial charge in [0.15, 0.2) is 0 Å². The molecule has 0 aliphatic rings. The van der Waals surface area contributed by atoms with Gasteiger partial charge in [-0.15, -0.1) is 0 Å². The van der Waals surface area contributed by atoms with Gasteiger partial charge in [0.2, 0.25) is 0 Å². The summed E-state index contributed by atoms with van der Waals surface area (Å²) in [6.07, 6.45) is 0. The van der Waals surface area contributed by atoms with Crippen LogP contribution in [-0.4, -0.2) is 27.3 Å². The highest BCUT2D eigenvalue weighted by atomic mass is 35.5. The van der Waals surface area contributed by atoms with Crippen LogP contribution in [0.2, 0.25) is 5.02 Å². The van der Waals surface area contributed by atoms with Crippen LogP contribution in [-0.2, 0) is 11.3 Å². The van der Waals surface area contributed by atoms with E-state index in [4.69, 9.17) is 21.1 Å². The first-order valence-electron chi connectivity index (χ1n) is 5.66. The van der Waals surface area contributed by atoms with Gasteiger partial charge in [0, 0.05) is 17.1 Å². The van der Waals surface area contributed by atoms with Gasteiger partial charge in [0.1, 0.15) is 5.75 Å². The summed E-state index contributed by atoms with van der Waals surface area (Å²) in [6, 6.07) is 1.95. The zero-order valence-corrected chi connectivity index (χ0v) is 11.6.